The van der Waals surface area contributed by atoms with Gasteiger partial charge >= 0.3 is 0 Å². The van der Waals surface area contributed by atoms with Gasteiger partial charge in [0.1, 0.15) is 5.75 Å². The second kappa shape index (κ2) is 14.5. The Morgan fingerprint density at radius 3 is 2.06 bits per heavy atom. The van der Waals surface area contributed by atoms with E-state index in [0.29, 0.717) is 28.7 Å². The molecule has 5 aliphatic rings. The van der Waals surface area contributed by atoms with E-state index in [4.69, 9.17) is 28.4 Å². The van der Waals surface area contributed by atoms with E-state index >= 15 is 0 Å². The maximum atomic E-state index is 7.24. The van der Waals surface area contributed by atoms with Gasteiger partial charge in [0.15, 0.2) is 34.5 Å². The summed E-state index contributed by atoms with van der Waals surface area (Å²) in [4.78, 5) is 7.43. The van der Waals surface area contributed by atoms with Crippen molar-refractivity contribution in [2.45, 2.75) is 57.2 Å². The van der Waals surface area contributed by atoms with Crippen LogP contribution in [0.3, 0.4) is 0 Å². The molecule has 1 fully saturated rings. The molecule has 9 rings (SSSR count). The highest BCUT2D eigenvalue weighted by Gasteiger charge is 2.37. The molecule has 9 heteroatoms. The molecule has 0 radical (unpaired) electrons. The first kappa shape index (κ1) is 34.6. The van der Waals surface area contributed by atoms with Crippen molar-refractivity contribution < 1.29 is 28.4 Å². The molecule has 0 spiro atoms. The van der Waals surface area contributed by atoms with Gasteiger partial charge < -0.3 is 28.4 Å². The number of nitrogens with zero attached hydrogens (tertiary/aromatic N) is 3. The van der Waals surface area contributed by atoms with Crippen LogP contribution in [-0.2, 0) is 32.2 Å². The van der Waals surface area contributed by atoms with Crippen molar-refractivity contribution in [1.29, 1.82) is 0 Å². The second-order valence-electron chi connectivity index (χ2n) is 14.7. The average Bonchev–Trinajstić information content (AvgIpc) is 3.68. The third kappa shape index (κ3) is 6.33. The Hall–Kier alpha value is -4.44. The molecule has 0 amide bonds. The molecule has 1 unspecified atom stereocenters. The molecular weight excluding hydrogens is 654 g/mol. The van der Waals surface area contributed by atoms with E-state index in [9.17, 15) is 0 Å². The lowest BCUT2D eigenvalue weighted by molar-refractivity contribution is 0.217. The van der Waals surface area contributed by atoms with Crippen LogP contribution in [-0.4, -0.2) is 83.4 Å². The minimum atomic E-state index is -0.0159. The van der Waals surface area contributed by atoms with Crippen LogP contribution in [0.5, 0.6) is 46.0 Å². The van der Waals surface area contributed by atoms with Crippen molar-refractivity contribution in [3.8, 4) is 46.0 Å². The molecule has 52 heavy (non-hydrogen) atoms. The van der Waals surface area contributed by atoms with E-state index in [1.807, 2.05) is 6.07 Å². The Labute approximate surface area is 307 Å². The predicted octanol–water partition coefficient (Wildman–Crippen LogP) is 7.76. The van der Waals surface area contributed by atoms with Gasteiger partial charge in [-0.05, 0) is 130 Å². The van der Waals surface area contributed by atoms with Crippen molar-refractivity contribution in [3.63, 3.8) is 0 Å². The zero-order chi connectivity index (χ0) is 35.9. The Morgan fingerprint density at radius 2 is 1.33 bits per heavy atom. The molecule has 0 saturated carbocycles. The zero-order valence-electron chi connectivity index (χ0n) is 31.4. The Bertz CT molecular complexity index is 1940. The van der Waals surface area contributed by atoms with E-state index in [-0.39, 0.29) is 12.1 Å². The number of likely N-dealkylation sites (N-methyl/N-ethyl adjacent to an activating group) is 2. The molecule has 0 N–H and O–H groups in total. The van der Waals surface area contributed by atoms with Gasteiger partial charge in [0.2, 0.25) is 5.75 Å². The maximum Gasteiger partial charge on any atom is 0.204 e. The average molecular weight is 706 g/mol. The smallest absolute Gasteiger partial charge is 0.204 e. The molecule has 0 aromatic heterocycles. The lowest BCUT2D eigenvalue weighted by Crippen LogP contribution is -2.35. The number of ether oxygens (including phenoxy) is 6. The van der Waals surface area contributed by atoms with Crippen molar-refractivity contribution in [2.24, 2.45) is 0 Å². The molecule has 5 heterocycles. The summed E-state index contributed by atoms with van der Waals surface area (Å²) in [5.41, 5.74) is 8.54. The topological polar surface area (TPSA) is 65.1 Å². The predicted molar refractivity (Wildman–Crippen MR) is 202 cm³/mol. The van der Waals surface area contributed by atoms with Gasteiger partial charge in [-0.1, -0.05) is 18.2 Å². The number of methoxy groups -OCH3 is 4. The van der Waals surface area contributed by atoms with E-state index in [2.05, 4.69) is 77.3 Å². The van der Waals surface area contributed by atoms with Gasteiger partial charge in [0.05, 0.1) is 28.4 Å². The van der Waals surface area contributed by atoms with Gasteiger partial charge in [0.25, 0.3) is 0 Å². The van der Waals surface area contributed by atoms with E-state index in [1.54, 1.807) is 28.4 Å². The highest BCUT2D eigenvalue weighted by Crippen LogP contribution is 2.54. The molecule has 9 nitrogen and oxygen atoms in total. The summed E-state index contributed by atoms with van der Waals surface area (Å²) in [7, 11) is 11.3. The Balaban J connectivity index is 1.37. The Morgan fingerprint density at radius 1 is 0.654 bits per heavy atom. The summed E-state index contributed by atoms with van der Waals surface area (Å²) in [6.45, 7) is 4.85. The van der Waals surface area contributed by atoms with Crippen LogP contribution < -0.4 is 28.4 Å². The van der Waals surface area contributed by atoms with Crippen LogP contribution in [0.25, 0.3) is 0 Å². The number of likely N-dealkylation sites (tertiary alicyclic amines) is 1. The quantitative estimate of drug-likeness (QED) is 0.200. The van der Waals surface area contributed by atoms with Crippen LogP contribution in [0.15, 0.2) is 54.6 Å². The van der Waals surface area contributed by atoms with Gasteiger partial charge in [-0.3, -0.25) is 14.7 Å². The van der Waals surface area contributed by atoms with Gasteiger partial charge in [0, 0.05) is 42.8 Å². The summed E-state index contributed by atoms with van der Waals surface area (Å²) >= 11 is 0. The van der Waals surface area contributed by atoms with Gasteiger partial charge in [-0.25, -0.2) is 0 Å². The fourth-order valence-corrected chi connectivity index (χ4v) is 8.84. The molecule has 5 aliphatic heterocycles. The lowest BCUT2D eigenvalue weighted by Gasteiger charge is -2.39. The van der Waals surface area contributed by atoms with E-state index < -0.39 is 0 Å². The number of fused-ring (bicyclic) bond motifs is 2. The third-order valence-corrected chi connectivity index (χ3v) is 11.7. The summed E-state index contributed by atoms with van der Waals surface area (Å²) < 4.78 is 38.3. The molecule has 274 valence electrons. The molecule has 0 aliphatic carbocycles. The largest absolute Gasteiger partial charge is 0.493 e. The first-order valence-corrected chi connectivity index (χ1v) is 18.6. The number of hydrogen-bond donors (Lipinski definition) is 0. The highest BCUT2D eigenvalue weighted by atomic mass is 16.5. The van der Waals surface area contributed by atoms with Crippen LogP contribution in [0.1, 0.15) is 63.9 Å². The summed E-state index contributed by atoms with van der Waals surface area (Å²) in [6, 6.07) is 19.3. The van der Waals surface area contributed by atoms with Crippen molar-refractivity contribution in [1.82, 2.24) is 14.7 Å². The fraction of sp³-hybridized carbons (Fsp3) is 0.442. The third-order valence-electron chi connectivity index (χ3n) is 11.7. The van der Waals surface area contributed by atoms with Crippen molar-refractivity contribution in [3.05, 3.63) is 93.5 Å². The zero-order valence-corrected chi connectivity index (χ0v) is 31.4. The second-order valence-corrected chi connectivity index (χ2v) is 14.7. The molecule has 4 aromatic carbocycles. The van der Waals surface area contributed by atoms with Gasteiger partial charge in [-0.2, -0.15) is 0 Å². The number of benzene rings is 4. The van der Waals surface area contributed by atoms with Crippen molar-refractivity contribution >= 4 is 0 Å². The van der Waals surface area contributed by atoms with E-state index in [1.165, 1.54) is 40.7 Å². The van der Waals surface area contributed by atoms with Crippen LogP contribution >= 0.6 is 0 Å². The van der Waals surface area contributed by atoms with Crippen LogP contribution in [0, 0.1) is 0 Å². The van der Waals surface area contributed by atoms with E-state index in [0.717, 1.165) is 86.8 Å². The SMILES string of the molecule is COc1ccc2cc1Oc1ccc(cc1)CC1c3cc(c(OC)cc3CCN1C)Oc1c(OC)c(OC)c(CN3CCCC3)c3c1[C@H](C2)N(C)CC3. The van der Waals surface area contributed by atoms with Crippen LogP contribution in [0.2, 0.25) is 0 Å². The fourth-order valence-electron chi connectivity index (χ4n) is 8.84. The van der Waals surface area contributed by atoms with Crippen molar-refractivity contribution in [2.75, 3.05) is 68.7 Å². The monoisotopic (exact) mass is 705 g/mol. The lowest BCUT2D eigenvalue weighted by atomic mass is 9.84. The molecule has 2 atom stereocenters. The standard InChI is InChI=1S/C43H51N3O6/c1-44-19-15-29-24-37(48-4)39-25-32(29)34(44)21-27-9-12-30(13-10-27)51-38-23-28(11-14-36(38)47-3)22-35-40-31(16-20-45(35)2)33(26-46-17-7-8-18-46)41(49-5)43(50-6)42(40)52-39/h9-14,23-25,34-35H,7-8,15-22,26H2,1-6H3/t34?,35-/m0/s1. The summed E-state index contributed by atoms with van der Waals surface area (Å²) in [6.07, 6.45) is 5.83. The first-order chi connectivity index (χ1) is 25.4. The minimum absolute atomic E-state index is 0.0159. The number of hydrogen-bond acceptors (Lipinski definition) is 9. The van der Waals surface area contributed by atoms with Gasteiger partial charge in [-0.15, -0.1) is 0 Å². The number of rotatable bonds is 6. The summed E-state index contributed by atoms with van der Waals surface area (Å²) in [5.74, 6) is 5.64. The van der Waals surface area contributed by atoms with Crippen LogP contribution in [0.4, 0.5) is 0 Å². The minimum Gasteiger partial charge on any atom is -0.493 e. The first-order valence-electron chi connectivity index (χ1n) is 18.6. The maximum absolute atomic E-state index is 7.24. The molecule has 1 saturated heterocycles. The molecular formula is C43H51N3O6. The molecule has 6 bridgehead atoms. The summed E-state index contributed by atoms with van der Waals surface area (Å²) in [5, 5.41) is 0. The normalized spacial score (nSPS) is 20.3. The Kier molecular flexibility index (Phi) is 9.68. The molecule has 4 aromatic rings. The highest BCUT2D eigenvalue weighted by molar-refractivity contribution is 5.67.